The smallest absolute Gasteiger partial charge is 0.217 e. The van der Waals surface area contributed by atoms with E-state index in [2.05, 4.69) is 10.3 Å². The van der Waals surface area contributed by atoms with Gasteiger partial charge in [-0.05, 0) is 19.0 Å². The van der Waals surface area contributed by atoms with E-state index in [0.717, 1.165) is 25.1 Å². The molecule has 0 radical (unpaired) electrons. The highest BCUT2D eigenvalue weighted by molar-refractivity contribution is 5.29. The molecule has 1 aromatic rings. The molecule has 0 amide bonds. The van der Waals surface area contributed by atoms with Crippen LogP contribution in [-0.2, 0) is 4.74 Å². The van der Waals surface area contributed by atoms with Gasteiger partial charge in [-0.3, -0.25) is 0 Å². The minimum absolute atomic E-state index is 0.191. The van der Waals surface area contributed by atoms with Gasteiger partial charge in [0.1, 0.15) is 0 Å². The molecule has 1 unspecified atom stereocenters. The van der Waals surface area contributed by atoms with Crippen molar-refractivity contribution >= 4 is 0 Å². The number of nitrogens with one attached hydrogen (secondary N) is 1. The zero-order chi connectivity index (χ0) is 10.5. The summed E-state index contributed by atoms with van der Waals surface area (Å²) < 4.78 is 10.7. The normalized spacial score (nSPS) is 22.1. The zero-order valence-corrected chi connectivity index (χ0v) is 8.90. The van der Waals surface area contributed by atoms with Crippen LogP contribution in [-0.4, -0.2) is 31.9 Å². The van der Waals surface area contributed by atoms with Gasteiger partial charge in [-0.2, -0.15) is 0 Å². The largest absolute Gasteiger partial charge is 0.481 e. The van der Waals surface area contributed by atoms with E-state index in [9.17, 15) is 0 Å². The van der Waals surface area contributed by atoms with Gasteiger partial charge in [-0.1, -0.05) is 6.07 Å². The molecule has 2 heterocycles. The Morgan fingerprint density at radius 3 is 3.40 bits per heavy atom. The third kappa shape index (κ3) is 2.46. The Kier molecular flexibility index (Phi) is 3.53. The van der Waals surface area contributed by atoms with Crippen LogP contribution < -0.4 is 10.1 Å². The van der Waals surface area contributed by atoms with Gasteiger partial charge in [0.25, 0.3) is 0 Å². The van der Waals surface area contributed by atoms with Crippen molar-refractivity contribution in [1.29, 1.82) is 0 Å². The number of pyridine rings is 1. The topological polar surface area (TPSA) is 43.4 Å². The van der Waals surface area contributed by atoms with Crippen LogP contribution in [0, 0.1) is 0 Å². The molecule has 1 aromatic heterocycles. The van der Waals surface area contributed by atoms with Gasteiger partial charge < -0.3 is 14.8 Å². The number of aromatic nitrogens is 1. The van der Waals surface area contributed by atoms with E-state index in [4.69, 9.17) is 9.47 Å². The van der Waals surface area contributed by atoms with Gasteiger partial charge in [0.05, 0.1) is 19.8 Å². The van der Waals surface area contributed by atoms with E-state index >= 15 is 0 Å². The van der Waals surface area contributed by atoms with E-state index in [0.29, 0.717) is 12.5 Å². The number of rotatable bonds is 2. The second-order valence-electron chi connectivity index (χ2n) is 3.54. The first-order valence-corrected chi connectivity index (χ1v) is 5.22. The molecule has 0 aliphatic carbocycles. The maximum Gasteiger partial charge on any atom is 0.217 e. The molecule has 1 aliphatic heterocycles. The summed E-state index contributed by atoms with van der Waals surface area (Å²) >= 11 is 0. The minimum Gasteiger partial charge on any atom is -0.481 e. The molecule has 1 N–H and O–H groups in total. The van der Waals surface area contributed by atoms with Crippen LogP contribution in [0.2, 0.25) is 0 Å². The molecule has 15 heavy (non-hydrogen) atoms. The molecule has 1 atom stereocenters. The predicted molar refractivity (Wildman–Crippen MR) is 57.0 cm³/mol. The lowest BCUT2D eigenvalue weighted by molar-refractivity contribution is 0.130. The van der Waals surface area contributed by atoms with Crippen molar-refractivity contribution in [2.24, 2.45) is 0 Å². The highest BCUT2D eigenvalue weighted by Gasteiger charge is 2.18. The quantitative estimate of drug-likeness (QED) is 0.791. The SMILES string of the molecule is COc1ncccc1C1COCCCN1. The average molecular weight is 208 g/mol. The van der Waals surface area contributed by atoms with E-state index in [1.807, 2.05) is 12.1 Å². The third-order valence-electron chi connectivity index (χ3n) is 2.51. The fourth-order valence-electron chi connectivity index (χ4n) is 1.75. The lowest BCUT2D eigenvalue weighted by Gasteiger charge is -2.17. The van der Waals surface area contributed by atoms with Crippen LogP contribution in [0.1, 0.15) is 18.0 Å². The first-order chi connectivity index (χ1) is 7.42. The summed E-state index contributed by atoms with van der Waals surface area (Å²) in [6, 6.07) is 4.14. The maximum atomic E-state index is 5.52. The first kappa shape index (κ1) is 10.4. The molecule has 0 bridgehead atoms. The molecular weight excluding hydrogens is 192 g/mol. The minimum atomic E-state index is 0.191. The van der Waals surface area contributed by atoms with Crippen LogP contribution in [0.5, 0.6) is 5.88 Å². The summed E-state index contributed by atoms with van der Waals surface area (Å²) in [5.74, 6) is 0.681. The Morgan fingerprint density at radius 1 is 1.60 bits per heavy atom. The van der Waals surface area contributed by atoms with E-state index in [1.54, 1.807) is 13.3 Å². The van der Waals surface area contributed by atoms with Crippen molar-refractivity contribution < 1.29 is 9.47 Å². The molecule has 4 nitrogen and oxygen atoms in total. The number of methoxy groups -OCH3 is 1. The van der Waals surface area contributed by atoms with Crippen LogP contribution in [0.25, 0.3) is 0 Å². The molecule has 82 valence electrons. The van der Waals surface area contributed by atoms with Gasteiger partial charge in [0.2, 0.25) is 5.88 Å². The summed E-state index contributed by atoms with van der Waals surface area (Å²) in [5.41, 5.74) is 1.07. The number of ether oxygens (including phenoxy) is 2. The molecule has 0 saturated carbocycles. The summed E-state index contributed by atoms with van der Waals surface area (Å²) in [5, 5.41) is 3.43. The van der Waals surface area contributed by atoms with Gasteiger partial charge >= 0.3 is 0 Å². The van der Waals surface area contributed by atoms with Gasteiger partial charge in [0.15, 0.2) is 0 Å². The lowest BCUT2D eigenvalue weighted by atomic mass is 10.1. The first-order valence-electron chi connectivity index (χ1n) is 5.22. The fourth-order valence-corrected chi connectivity index (χ4v) is 1.75. The Morgan fingerprint density at radius 2 is 2.53 bits per heavy atom. The second-order valence-corrected chi connectivity index (χ2v) is 3.54. The molecular formula is C11H16N2O2. The molecule has 1 saturated heterocycles. The van der Waals surface area contributed by atoms with E-state index < -0.39 is 0 Å². The number of nitrogens with zero attached hydrogens (tertiary/aromatic N) is 1. The van der Waals surface area contributed by atoms with Crippen molar-refractivity contribution in [3.63, 3.8) is 0 Å². The van der Waals surface area contributed by atoms with E-state index in [-0.39, 0.29) is 6.04 Å². The molecule has 1 aliphatic rings. The van der Waals surface area contributed by atoms with E-state index in [1.165, 1.54) is 0 Å². The summed E-state index contributed by atoms with van der Waals surface area (Å²) in [6.07, 6.45) is 2.79. The lowest BCUT2D eigenvalue weighted by Crippen LogP contribution is -2.24. The fraction of sp³-hybridized carbons (Fsp3) is 0.545. The highest BCUT2D eigenvalue weighted by atomic mass is 16.5. The zero-order valence-electron chi connectivity index (χ0n) is 8.90. The standard InChI is InChI=1S/C11H16N2O2/c1-14-11-9(4-2-5-13-11)10-8-15-7-3-6-12-10/h2,4-5,10,12H,3,6-8H2,1H3. The van der Waals surface area contributed by atoms with Gasteiger partial charge in [0, 0.05) is 18.4 Å². The maximum absolute atomic E-state index is 5.52. The number of hydrogen-bond donors (Lipinski definition) is 1. The monoisotopic (exact) mass is 208 g/mol. The molecule has 4 heteroatoms. The van der Waals surface area contributed by atoms with Crippen molar-refractivity contribution in [3.05, 3.63) is 23.9 Å². The Balaban J connectivity index is 2.18. The van der Waals surface area contributed by atoms with Crippen LogP contribution in [0.15, 0.2) is 18.3 Å². The Bertz CT molecular complexity index is 309. The van der Waals surface area contributed by atoms with Crippen molar-refractivity contribution in [1.82, 2.24) is 10.3 Å². The molecule has 0 spiro atoms. The molecule has 1 fully saturated rings. The Labute approximate surface area is 89.6 Å². The summed E-state index contributed by atoms with van der Waals surface area (Å²) in [4.78, 5) is 4.19. The second kappa shape index (κ2) is 5.09. The summed E-state index contributed by atoms with van der Waals surface area (Å²) in [7, 11) is 1.64. The van der Waals surface area contributed by atoms with Crippen LogP contribution >= 0.6 is 0 Å². The third-order valence-corrected chi connectivity index (χ3v) is 2.51. The predicted octanol–water partition coefficient (Wildman–Crippen LogP) is 1.14. The van der Waals surface area contributed by atoms with Crippen molar-refractivity contribution in [2.45, 2.75) is 12.5 Å². The number of hydrogen-bond acceptors (Lipinski definition) is 4. The summed E-state index contributed by atoms with van der Waals surface area (Å²) in [6.45, 7) is 2.48. The van der Waals surface area contributed by atoms with Gasteiger partial charge in [-0.15, -0.1) is 0 Å². The highest BCUT2D eigenvalue weighted by Crippen LogP contribution is 2.23. The Hall–Kier alpha value is -1.13. The van der Waals surface area contributed by atoms with Crippen molar-refractivity contribution in [2.75, 3.05) is 26.9 Å². The van der Waals surface area contributed by atoms with Crippen molar-refractivity contribution in [3.8, 4) is 5.88 Å². The molecule has 0 aromatic carbocycles. The average Bonchev–Trinajstić information content (AvgIpc) is 2.57. The van der Waals surface area contributed by atoms with Crippen LogP contribution in [0.3, 0.4) is 0 Å². The van der Waals surface area contributed by atoms with Crippen LogP contribution in [0.4, 0.5) is 0 Å². The van der Waals surface area contributed by atoms with Gasteiger partial charge in [-0.25, -0.2) is 4.98 Å². The molecule has 2 rings (SSSR count).